The Hall–Kier alpha value is -1.13. The van der Waals surface area contributed by atoms with E-state index in [0.717, 1.165) is 29.4 Å². The molecule has 4 nitrogen and oxygen atoms in total. The average Bonchev–Trinajstić information content (AvgIpc) is 2.74. The van der Waals surface area contributed by atoms with E-state index in [1.54, 1.807) is 6.20 Å². The summed E-state index contributed by atoms with van der Waals surface area (Å²) in [5.41, 5.74) is 2.01. The van der Waals surface area contributed by atoms with Gasteiger partial charge in [0.25, 0.3) is 0 Å². The number of anilines is 1. The number of aliphatic hydroxyl groups excluding tert-OH is 1. The number of nitrogens with zero attached hydrogens (tertiary/aromatic N) is 3. The molecule has 0 aromatic carbocycles. The third-order valence-corrected chi connectivity index (χ3v) is 3.67. The van der Waals surface area contributed by atoms with Crippen LogP contribution in [0.25, 0.3) is 0 Å². The standard InChI is InChI=1S/C14H23N3O/c1-11-6-13(10-18)7-15-14(11)17(3)9-12-4-5-16(2)8-12/h6-7,12,18H,4-5,8-10H2,1-3H3. The molecule has 1 atom stereocenters. The van der Waals surface area contributed by atoms with Gasteiger partial charge in [-0.05, 0) is 50.0 Å². The van der Waals surface area contributed by atoms with Crippen LogP contribution in [0.1, 0.15) is 17.5 Å². The van der Waals surface area contributed by atoms with Crippen LogP contribution < -0.4 is 4.90 Å². The molecule has 0 spiro atoms. The van der Waals surface area contributed by atoms with Crippen LogP contribution in [-0.2, 0) is 6.61 Å². The van der Waals surface area contributed by atoms with Gasteiger partial charge in [0.2, 0.25) is 0 Å². The van der Waals surface area contributed by atoms with Gasteiger partial charge in [0.05, 0.1) is 6.61 Å². The van der Waals surface area contributed by atoms with E-state index in [4.69, 9.17) is 5.11 Å². The van der Waals surface area contributed by atoms with Gasteiger partial charge >= 0.3 is 0 Å². The molecule has 1 aromatic heterocycles. The minimum atomic E-state index is 0.0608. The van der Waals surface area contributed by atoms with Crippen LogP contribution in [0.2, 0.25) is 0 Å². The highest BCUT2D eigenvalue weighted by Gasteiger charge is 2.21. The normalized spacial score (nSPS) is 20.3. The monoisotopic (exact) mass is 249 g/mol. The maximum atomic E-state index is 9.09. The second-order valence-corrected chi connectivity index (χ2v) is 5.44. The Kier molecular flexibility index (Phi) is 4.19. The van der Waals surface area contributed by atoms with Crippen molar-refractivity contribution in [1.29, 1.82) is 0 Å². The number of hydrogen-bond acceptors (Lipinski definition) is 4. The molecule has 0 amide bonds. The number of hydrogen-bond donors (Lipinski definition) is 1. The summed E-state index contributed by atoms with van der Waals surface area (Å²) in [4.78, 5) is 9.08. The van der Waals surface area contributed by atoms with Crippen molar-refractivity contribution in [3.05, 3.63) is 23.4 Å². The van der Waals surface area contributed by atoms with Crippen LogP contribution in [0.5, 0.6) is 0 Å². The van der Waals surface area contributed by atoms with E-state index in [-0.39, 0.29) is 6.61 Å². The molecule has 1 saturated heterocycles. The molecule has 4 heteroatoms. The van der Waals surface area contributed by atoms with Crippen LogP contribution in [0.3, 0.4) is 0 Å². The summed E-state index contributed by atoms with van der Waals surface area (Å²) < 4.78 is 0. The molecular weight excluding hydrogens is 226 g/mol. The quantitative estimate of drug-likeness (QED) is 0.872. The number of likely N-dealkylation sites (tertiary alicyclic amines) is 1. The molecule has 1 unspecified atom stereocenters. The smallest absolute Gasteiger partial charge is 0.131 e. The van der Waals surface area contributed by atoms with Gasteiger partial charge in [-0.15, -0.1) is 0 Å². The fourth-order valence-corrected chi connectivity index (χ4v) is 2.76. The minimum absolute atomic E-state index is 0.0608. The van der Waals surface area contributed by atoms with E-state index >= 15 is 0 Å². The number of aliphatic hydroxyl groups is 1. The Morgan fingerprint density at radius 1 is 1.56 bits per heavy atom. The predicted octanol–water partition coefficient (Wildman–Crippen LogP) is 1.27. The van der Waals surface area contributed by atoms with Crippen molar-refractivity contribution in [1.82, 2.24) is 9.88 Å². The molecule has 18 heavy (non-hydrogen) atoms. The third-order valence-electron chi connectivity index (χ3n) is 3.67. The van der Waals surface area contributed by atoms with E-state index in [9.17, 15) is 0 Å². The third kappa shape index (κ3) is 3.00. The molecule has 1 aliphatic rings. The molecule has 1 aromatic rings. The molecule has 1 fully saturated rings. The first kappa shape index (κ1) is 13.3. The van der Waals surface area contributed by atoms with Gasteiger partial charge in [0.1, 0.15) is 5.82 Å². The Morgan fingerprint density at radius 2 is 2.33 bits per heavy atom. The number of pyridine rings is 1. The number of aryl methyl sites for hydroxylation is 1. The van der Waals surface area contributed by atoms with Crippen molar-refractivity contribution >= 4 is 5.82 Å². The largest absolute Gasteiger partial charge is 0.392 e. The molecule has 2 heterocycles. The van der Waals surface area contributed by atoms with Crippen molar-refractivity contribution < 1.29 is 5.11 Å². The predicted molar refractivity (Wildman–Crippen MR) is 73.8 cm³/mol. The summed E-state index contributed by atoms with van der Waals surface area (Å²) in [5.74, 6) is 1.76. The summed E-state index contributed by atoms with van der Waals surface area (Å²) in [6.45, 7) is 5.55. The molecule has 0 bridgehead atoms. The van der Waals surface area contributed by atoms with E-state index in [2.05, 4.69) is 35.8 Å². The number of aromatic nitrogens is 1. The SMILES string of the molecule is Cc1cc(CO)cnc1N(C)CC1CCN(C)C1. The topological polar surface area (TPSA) is 39.6 Å². The van der Waals surface area contributed by atoms with Crippen LogP contribution in [0.15, 0.2) is 12.3 Å². The fourth-order valence-electron chi connectivity index (χ4n) is 2.76. The molecule has 1 N–H and O–H groups in total. The maximum Gasteiger partial charge on any atom is 0.131 e. The van der Waals surface area contributed by atoms with Crippen LogP contribution in [0.4, 0.5) is 5.82 Å². The van der Waals surface area contributed by atoms with Gasteiger partial charge in [-0.3, -0.25) is 0 Å². The first-order chi connectivity index (χ1) is 8.60. The van der Waals surface area contributed by atoms with Gasteiger partial charge in [0, 0.05) is 26.3 Å². The summed E-state index contributed by atoms with van der Waals surface area (Å²) in [6.07, 6.45) is 3.04. The van der Waals surface area contributed by atoms with Crippen LogP contribution in [-0.4, -0.2) is 48.7 Å². The Morgan fingerprint density at radius 3 is 2.89 bits per heavy atom. The molecule has 0 radical (unpaired) electrons. The maximum absolute atomic E-state index is 9.09. The van der Waals surface area contributed by atoms with Crippen molar-refractivity contribution in [2.75, 3.05) is 38.6 Å². The second-order valence-electron chi connectivity index (χ2n) is 5.44. The molecule has 1 aliphatic heterocycles. The molecule has 100 valence electrons. The summed E-state index contributed by atoms with van der Waals surface area (Å²) >= 11 is 0. The zero-order chi connectivity index (χ0) is 13.1. The van der Waals surface area contributed by atoms with Crippen molar-refractivity contribution in [2.45, 2.75) is 20.0 Å². The Bertz CT molecular complexity index is 408. The minimum Gasteiger partial charge on any atom is -0.392 e. The van der Waals surface area contributed by atoms with Gasteiger partial charge in [-0.2, -0.15) is 0 Å². The lowest BCUT2D eigenvalue weighted by molar-refractivity contribution is 0.281. The first-order valence-corrected chi connectivity index (χ1v) is 6.56. The van der Waals surface area contributed by atoms with Gasteiger partial charge in [-0.1, -0.05) is 0 Å². The van der Waals surface area contributed by atoms with E-state index in [0.29, 0.717) is 0 Å². The summed E-state index contributed by atoms with van der Waals surface area (Å²) in [6, 6.07) is 2.01. The highest BCUT2D eigenvalue weighted by Crippen LogP contribution is 2.21. The van der Waals surface area contributed by atoms with E-state index < -0.39 is 0 Å². The highest BCUT2D eigenvalue weighted by molar-refractivity contribution is 5.46. The van der Waals surface area contributed by atoms with Crippen molar-refractivity contribution in [3.63, 3.8) is 0 Å². The lowest BCUT2D eigenvalue weighted by Crippen LogP contribution is -2.28. The van der Waals surface area contributed by atoms with Gasteiger partial charge < -0.3 is 14.9 Å². The zero-order valence-electron chi connectivity index (χ0n) is 11.6. The molecule has 2 rings (SSSR count). The average molecular weight is 249 g/mol. The Balaban J connectivity index is 2.02. The lowest BCUT2D eigenvalue weighted by atomic mass is 10.1. The van der Waals surface area contributed by atoms with E-state index in [1.807, 2.05) is 6.07 Å². The Labute approximate surface area is 109 Å². The van der Waals surface area contributed by atoms with Gasteiger partial charge in [0.15, 0.2) is 0 Å². The summed E-state index contributed by atoms with van der Waals surface area (Å²) in [7, 11) is 4.28. The zero-order valence-corrected chi connectivity index (χ0v) is 11.6. The molecular formula is C14H23N3O. The second kappa shape index (κ2) is 5.67. The van der Waals surface area contributed by atoms with Crippen molar-refractivity contribution in [2.24, 2.45) is 5.92 Å². The molecule has 0 saturated carbocycles. The van der Waals surface area contributed by atoms with Gasteiger partial charge in [-0.25, -0.2) is 4.98 Å². The fraction of sp³-hybridized carbons (Fsp3) is 0.643. The van der Waals surface area contributed by atoms with Crippen LogP contribution in [0, 0.1) is 12.8 Å². The highest BCUT2D eigenvalue weighted by atomic mass is 16.3. The molecule has 0 aliphatic carbocycles. The van der Waals surface area contributed by atoms with Crippen LogP contribution >= 0.6 is 0 Å². The summed E-state index contributed by atoms with van der Waals surface area (Å²) in [5, 5.41) is 9.09. The number of rotatable bonds is 4. The van der Waals surface area contributed by atoms with E-state index in [1.165, 1.54) is 19.5 Å². The van der Waals surface area contributed by atoms with Crippen molar-refractivity contribution in [3.8, 4) is 0 Å². The first-order valence-electron chi connectivity index (χ1n) is 6.56. The lowest BCUT2D eigenvalue weighted by Gasteiger charge is -2.23.